The molecule has 0 fully saturated rings. The summed E-state index contributed by atoms with van der Waals surface area (Å²) in [5.74, 6) is 0.0475. The highest BCUT2D eigenvalue weighted by Gasteiger charge is 2.11. The van der Waals surface area contributed by atoms with E-state index in [1.165, 1.54) is 0 Å². The van der Waals surface area contributed by atoms with E-state index in [9.17, 15) is 4.79 Å². The first-order chi connectivity index (χ1) is 10.7. The zero-order valence-corrected chi connectivity index (χ0v) is 13.4. The Morgan fingerprint density at radius 3 is 2.50 bits per heavy atom. The summed E-state index contributed by atoms with van der Waals surface area (Å²) >= 11 is 0. The second kappa shape index (κ2) is 8.35. The van der Waals surface area contributed by atoms with Crippen molar-refractivity contribution in [3.63, 3.8) is 0 Å². The Morgan fingerprint density at radius 2 is 1.77 bits per heavy atom. The number of quaternary nitrogens is 1. The van der Waals surface area contributed by atoms with E-state index in [0.29, 0.717) is 12.6 Å². The Bertz CT molecular complexity index is 595. The lowest BCUT2D eigenvalue weighted by molar-refractivity contribution is -0.676. The van der Waals surface area contributed by atoms with Crippen LogP contribution in [0.15, 0.2) is 54.6 Å². The molecule has 0 aliphatic heterocycles. The topological polar surface area (TPSA) is 45.7 Å². The van der Waals surface area contributed by atoms with Crippen LogP contribution in [-0.2, 0) is 4.79 Å². The molecule has 0 aromatic heterocycles. The van der Waals surface area contributed by atoms with E-state index in [1.54, 1.807) is 0 Å². The molecular weight excluding hydrogens is 272 g/mol. The second-order valence-electron chi connectivity index (χ2n) is 5.67. The van der Waals surface area contributed by atoms with Crippen LogP contribution < -0.4 is 10.6 Å². The molecule has 116 valence electrons. The normalized spacial score (nSPS) is 11.9. The van der Waals surface area contributed by atoms with Crippen molar-refractivity contribution in [2.45, 2.75) is 32.7 Å². The summed E-state index contributed by atoms with van der Waals surface area (Å²) in [7, 11) is 0. The predicted molar refractivity (Wildman–Crippen MR) is 91.7 cm³/mol. The van der Waals surface area contributed by atoms with Crippen molar-refractivity contribution in [3.8, 4) is 11.1 Å². The molecule has 2 aromatic rings. The highest BCUT2D eigenvalue weighted by atomic mass is 16.1. The first kappa shape index (κ1) is 16.2. The van der Waals surface area contributed by atoms with Crippen LogP contribution in [0.3, 0.4) is 0 Å². The van der Waals surface area contributed by atoms with Gasteiger partial charge in [-0.2, -0.15) is 0 Å². The maximum Gasteiger partial charge on any atom is 0.279 e. The molecule has 0 spiro atoms. The average Bonchev–Trinajstić information content (AvgIpc) is 2.55. The van der Waals surface area contributed by atoms with Gasteiger partial charge in [0, 0.05) is 11.3 Å². The number of para-hydroxylation sites is 1. The summed E-state index contributed by atoms with van der Waals surface area (Å²) < 4.78 is 0. The highest BCUT2D eigenvalue weighted by Crippen LogP contribution is 2.27. The van der Waals surface area contributed by atoms with Crippen molar-refractivity contribution >= 4 is 11.6 Å². The van der Waals surface area contributed by atoms with Gasteiger partial charge in [-0.25, -0.2) is 0 Å². The molecule has 3 heteroatoms. The van der Waals surface area contributed by atoms with Gasteiger partial charge >= 0.3 is 0 Å². The van der Waals surface area contributed by atoms with Crippen LogP contribution in [0.4, 0.5) is 5.69 Å². The quantitative estimate of drug-likeness (QED) is 0.810. The van der Waals surface area contributed by atoms with Gasteiger partial charge in [-0.15, -0.1) is 0 Å². The van der Waals surface area contributed by atoms with Gasteiger partial charge in [-0.1, -0.05) is 61.9 Å². The van der Waals surface area contributed by atoms with Crippen molar-refractivity contribution in [1.82, 2.24) is 0 Å². The van der Waals surface area contributed by atoms with Gasteiger partial charge in [0.15, 0.2) is 6.54 Å². The minimum Gasteiger partial charge on any atom is -0.336 e. The zero-order chi connectivity index (χ0) is 15.8. The SMILES string of the molecule is CCC[C@@H](C)[NH2+]CC(=O)Nc1ccccc1-c1ccccc1. The molecule has 22 heavy (non-hydrogen) atoms. The lowest BCUT2D eigenvalue weighted by Crippen LogP contribution is -2.91. The molecule has 0 aliphatic rings. The predicted octanol–water partition coefficient (Wildman–Crippen LogP) is 3.04. The molecule has 1 amide bonds. The van der Waals surface area contributed by atoms with Gasteiger partial charge < -0.3 is 10.6 Å². The van der Waals surface area contributed by atoms with Gasteiger partial charge in [-0.05, 0) is 25.0 Å². The number of nitrogens with one attached hydrogen (secondary N) is 1. The van der Waals surface area contributed by atoms with Gasteiger partial charge in [0.2, 0.25) is 0 Å². The molecule has 1 atom stereocenters. The molecule has 0 heterocycles. The number of carbonyl (C=O) groups excluding carboxylic acids is 1. The Labute approximate surface area is 132 Å². The van der Waals surface area contributed by atoms with Crippen molar-refractivity contribution < 1.29 is 10.1 Å². The van der Waals surface area contributed by atoms with Crippen molar-refractivity contribution in [2.24, 2.45) is 0 Å². The van der Waals surface area contributed by atoms with Gasteiger partial charge in [0.05, 0.1) is 6.04 Å². The molecule has 0 radical (unpaired) electrons. The van der Waals surface area contributed by atoms with Crippen molar-refractivity contribution in [2.75, 3.05) is 11.9 Å². The van der Waals surface area contributed by atoms with Crippen LogP contribution in [0.1, 0.15) is 26.7 Å². The number of amides is 1. The van der Waals surface area contributed by atoms with Crippen molar-refractivity contribution in [3.05, 3.63) is 54.6 Å². The summed E-state index contributed by atoms with van der Waals surface area (Å²) in [4.78, 5) is 12.2. The fourth-order valence-corrected chi connectivity index (χ4v) is 2.54. The molecule has 2 aromatic carbocycles. The third-order valence-corrected chi connectivity index (χ3v) is 3.74. The highest BCUT2D eigenvalue weighted by molar-refractivity contribution is 5.95. The molecule has 3 nitrogen and oxygen atoms in total. The van der Waals surface area contributed by atoms with Gasteiger partial charge in [0.25, 0.3) is 5.91 Å². The lowest BCUT2D eigenvalue weighted by atomic mass is 10.0. The molecule has 0 saturated carbocycles. The summed E-state index contributed by atoms with van der Waals surface area (Å²) in [6, 6.07) is 18.5. The Kier molecular flexibility index (Phi) is 6.16. The molecule has 0 aliphatic carbocycles. The van der Waals surface area contributed by atoms with E-state index in [4.69, 9.17) is 0 Å². The monoisotopic (exact) mass is 297 g/mol. The largest absolute Gasteiger partial charge is 0.336 e. The van der Waals surface area contributed by atoms with E-state index in [0.717, 1.165) is 29.7 Å². The molecular formula is C19H25N2O+. The third kappa shape index (κ3) is 4.71. The Morgan fingerprint density at radius 1 is 1.09 bits per heavy atom. The maximum atomic E-state index is 12.2. The molecule has 0 unspecified atom stereocenters. The number of rotatable bonds is 7. The van der Waals surface area contributed by atoms with E-state index in [2.05, 4.69) is 36.6 Å². The molecule has 0 saturated heterocycles. The van der Waals surface area contributed by atoms with Crippen LogP contribution in [0.5, 0.6) is 0 Å². The average molecular weight is 297 g/mol. The lowest BCUT2D eigenvalue weighted by Gasteiger charge is -2.12. The van der Waals surface area contributed by atoms with Crippen molar-refractivity contribution in [1.29, 1.82) is 0 Å². The van der Waals surface area contributed by atoms with E-state index in [1.807, 2.05) is 42.5 Å². The number of hydrogen-bond acceptors (Lipinski definition) is 1. The number of benzene rings is 2. The fraction of sp³-hybridized carbons (Fsp3) is 0.316. The number of carbonyl (C=O) groups is 1. The second-order valence-corrected chi connectivity index (χ2v) is 5.67. The van der Waals surface area contributed by atoms with Gasteiger partial charge in [-0.3, -0.25) is 4.79 Å². The fourth-order valence-electron chi connectivity index (χ4n) is 2.54. The summed E-state index contributed by atoms with van der Waals surface area (Å²) in [6.45, 7) is 4.79. The number of anilines is 1. The standard InChI is InChI=1S/C19H24N2O/c1-3-9-15(2)20-14-19(22)21-18-13-8-7-12-17(18)16-10-5-4-6-11-16/h4-8,10-13,15,20H,3,9,14H2,1-2H3,(H,21,22)/p+1/t15-/m1/s1. The third-order valence-electron chi connectivity index (χ3n) is 3.74. The number of nitrogens with two attached hydrogens (primary N) is 1. The van der Waals surface area contributed by atoms with Gasteiger partial charge in [0.1, 0.15) is 0 Å². The minimum absolute atomic E-state index is 0.0475. The smallest absolute Gasteiger partial charge is 0.279 e. The first-order valence-electron chi connectivity index (χ1n) is 7.98. The Balaban J connectivity index is 2.03. The molecule has 2 rings (SSSR count). The Hall–Kier alpha value is -2.13. The zero-order valence-electron chi connectivity index (χ0n) is 13.4. The van der Waals surface area contributed by atoms with Crippen LogP contribution in [-0.4, -0.2) is 18.5 Å². The number of hydrogen-bond donors (Lipinski definition) is 2. The summed E-state index contributed by atoms with van der Waals surface area (Å²) in [5.41, 5.74) is 3.04. The molecule has 3 N–H and O–H groups in total. The van der Waals surface area contributed by atoms with E-state index < -0.39 is 0 Å². The van der Waals surface area contributed by atoms with E-state index in [-0.39, 0.29) is 5.91 Å². The first-order valence-corrected chi connectivity index (χ1v) is 7.98. The van der Waals surface area contributed by atoms with Crippen LogP contribution in [0.2, 0.25) is 0 Å². The minimum atomic E-state index is 0.0475. The van der Waals surface area contributed by atoms with Crippen LogP contribution in [0, 0.1) is 0 Å². The molecule has 0 bridgehead atoms. The van der Waals surface area contributed by atoms with Crippen LogP contribution in [0.25, 0.3) is 11.1 Å². The summed E-state index contributed by atoms with van der Waals surface area (Å²) in [6.07, 6.45) is 2.28. The van der Waals surface area contributed by atoms with Crippen LogP contribution >= 0.6 is 0 Å². The van der Waals surface area contributed by atoms with E-state index >= 15 is 0 Å². The maximum absolute atomic E-state index is 12.2. The summed E-state index contributed by atoms with van der Waals surface area (Å²) in [5, 5.41) is 5.14.